The van der Waals surface area contributed by atoms with Gasteiger partial charge in [-0.1, -0.05) is 18.2 Å². The van der Waals surface area contributed by atoms with Crippen LogP contribution in [0.5, 0.6) is 0 Å². The molecule has 0 amide bonds. The van der Waals surface area contributed by atoms with Gasteiger partial charge >= 0.3 is 11.9 Å². The van der Waals surface area contributed by atoms with E-state index < -0.39 is 27.9 Å². The monoisotopic (exact) mass is 341 g/mol. The van der Waals surface area contributed by atoms with Gasteiger partial charge in [0.05, 0.1) is 24.3 Å². The molecule has 0 radical (unpaired) electrons. The van der Waals surface area contributed by atoms with Crippen LogP contribution >= 0.6 is 0 Å². The van der Waals surface area contributed by atoms with E-state index in [9.17, 15) is 18.0 Å². The van der Waals surface area contributed by atoms with Gasteiger partial charge in [-0.15, -0.1) is 0 Å². The van der Waals surface area contributed by atoms with Gasteiger partial charge in [-0.05, 0) is 24.5 Å². The van der Waals surface area contributed by atoms with Crippen molar-refractivity contribution in [1.82, 2.24) is 4.31 Å². The maximum atomic E-state index is 12.5. The lowest BCUT2D eigenvalue weighted by atomic mass is 9.99. The number of aliphatic carboxylic acids is 1. The minimum atomic E-state index is -3.62. The number of rotatable bonds is 5. The Hall–Kier alpha value is -1.93. The number of esters is 1. The molecular formula is C15H19NO6S. The Morgan fingerprint density at radius 1 is 1.26 bits per heavy atom. The summed E-state index contributed by atoms with van der Waals surface area (Å²) in [5.41, 5.74) is 0.596. The first kappa shape index (κ1) is 17.4. The van der Waals surface area contributed by atoms with E-state index in [1.54, 1.807) is 18.2 Å². The van der Waals surface area contributed by atoms with Gasteiger partial charge in [0, 0.05) is 13.1 Å². The Bertz CT molecular complexity index is 692. The van der Waals surface area contributed by atoms with Crippen molar-refractivity contribution in [2.75, 3.05) is 20.2 Å². The number of hydrogen-bond acceptors (Lipinski definition) is 5. The highest BCUT2D eigenvalue weighted by Gasteiger charge is 2.31. The van der Waals surface area contributed by atoms with Crippen LogP contribution in [0.2, 0.25) is 0 Å². The van der Waals surface area contributed by atoms with E-state index in [0.717, 1.165) is 0 Å². The van der Waals surface area contributed by atoms with Crippen LogP contribution in [0, 0.1) is 5.92 Å². The Kier molecular flexibility index (Phi) is 5.38. The number of ether oxygens (including phenoxy) is 1. The lowest BCUT2D eigenvalue weighted by Crippen LogP contribution is -2.40. The van der Waals surface area contributed by atoms with Crippen molar-refractivity contribution in [2.45, 2.75) is 18.6 Å². The second kappa shape index (κ2) is 7.10. The first-order valence-electron chi connectivity index (χ1n) is 7.22. The molecule has 1 N–H and O–H groups in total. The van der Waals surface area contributed by atoms with Crippen LogP contribution in [0.25, 0.3) is 0 Å². The Labute approximate surface area is 134 Å². The molecule has 8 heteroatoms. The fourth-order valence-electron chi connectivity index (χ4n) is 2.62. The van der Waals surface area contributed by atoms with Gasteiger partial charge in [0.25, 0.3) is 0 Å². The zero-order valence-electron chi connectivity index (χ0n) is 12.8. The zero-order valence-corrected chi connectivity index (χ0v) is 13.6. The molecule has 1 aliphatic heterocycles. The number of hydrogen-bond donors (Lipinski definition) is 1. The summed E-state index contributed by atoms with van der Waals surface area (Å²) in [4.78, 5) is 22.7. The number of carbonyl (C=O) groups excluding carboxylic acids is 1. The summed E-state index contributed by atoms with van der Waals surface area (Å²) < 4.78 is 31.0. The highest BCUT2D eigenvalue weighted by Crippen LogP contribution is 2.23. The van der Waals surface area contributed by atoms with Crippen LogP contribution in [-0.2, 0) is 25.3 Å². The molecule has 0 aliphatic carbocycles. The summed E-state index contributed by atoms with van der Waals surface area (Å²) in [5.74, 6) is -2.28. The van der Waals surface area contributed by atoms with Crippen LogP contribution < -0.4 is 0 Å². The molecule has 1 aliphatic rings. The molecule has 126 valence electrons. The molecule has 1 aromatic carbocycles. The summed E-state index contributed by atoms with van der Waals surface area (Å²) in [5, 5.41) is 8.97. The Morgan fingerprint density at radius 2 is 1.87 bits per heavy atom. The number of carbonyl (C=O) groups is 2. The molecular weight excluding hydrogens is 322 g/mol. The van der Waals surface area contributed by atoms with Gasteiger partial charge in [-0.3, -0.25) is 4.79 Å². The Morgan fingerprint density at radius 3 is 2.43 bits per heavy atom. The van der Waals surface area contributed by atoms with Crippen molar-refractivity contribution in [1.29, 1.82) is 0 Å². The van der Waals surface area contributed by atoms with Gasteiger partial charge in [0.1, 0.15) is 0 Å². The number of methoxy groups -OCH3 is 1. The first-order valence-corrected chi connectivity index (χ1v) is 8.83. The average molecular weight is 341 g/mol. The molecule has 2 rings (SSSR count). The van der Waals surface area contributed by atoms with Crippen LogP contribution in [0.3, 0.4) is 0 Å². The summed E-state index contributed by atoms with van der Waals surface area (Å²) >= 11 is 0. The molecule has 1 aromatic rings. The highest BCUT2D eigenvalue weighted by atomic mass is 32.2. The van der Waals surface area contributed by atoms with Crippen LogP contribution in [0.1, 0.15) is 28.8 Å². The van der Waals surface area contributed by atoms with Crippen LogP contribution in [0.4, 0.5) is 0 Å². The molecule has 0 bridgehead atoms. The molecule has 0 aromatic heterocycles. The predicted molar refractivity (Wildman–Crippen MR) is 82.3 cm³/mol. The lowest BCUT2D eigenvalue weighted by Gasteiger charge is -2.29. The standard InChI is InChI=1S/C15H19NO6S/c1-22-15(19)13-5-3-2-4-12(13)10-23(20,21)16-8-6-11(7-9-16)14(17)18/h2-5,11H,6-10H2,1H3,(H,17,18). The number of benzene rings is 1. The molecule has 23 heavy (non-hydrogen) atoms. The van der Waals surface area contributed by atoms with E-state index in [2.05, 4.69) is 4.74 Å². The highest BCUT2D eigenvalue weighted by molar-refractivity contribution is 7.88. The predicted octanol–water partition coefficient (Wildman–Crippen LogP) is 1.10. The van der Waals surface area contributed by atoms with E-state index >= 15 is 0 Å². The normalized spacial score (nSPS) is 16.9. The fraction of sp³-hybridized carbons (Fsp3) is 0.467. The van der Waals surface area contributed by atoms with Crippen LogP contribution in [0.15, 0.2) is 24.3 Å². The van der Waals surface area contributed by atoms with Crippen molar-refractivity contribution in [3.63, 3.8) is 0 Å². The molecule has 1 saturated heterocycles. The maximum Gasteiger partial charge on any atom is 0.338 e. The van der Waals surface area contributed by atoms with Crippen LogP contribution in [-0.4, -0.2) is 50.0 Å². The second-order valence-corrected chi connectivity index (χ2v) is 7.39. The molecule has 1 fully saturated rings. The van der Waals surface area contributed by atoms with Gasteiger partial charge in [0.15, 0.2) is 0 Å². The molecule has 7 nitrogen and oxygen atoms in total. The second-order valence-electron chi connectivity index (χ2n) is 5.42. The lowest BCUT2D eigenvalue weighted by molar-refractivity contribution is -0.142. The van der Waals surface area contributed by atoms with Gasteiger partial charge < -0.3 is 9.84 Å². The van der Waals surface area contributed by atoms with Gasteiger partial charge in [-0.25, -0.2) is 17.5 Å². The van der Waals surface area contributed by atoms with E-state index in [1.165, 1.54) is 17.5 Å². The third kappa shape index (κ3) is 4.08. The SMILES string of the molecule is COC(=O)c1ccccc1CS(=O)(=O)N1CCC(C(=O)O)CC1. The fourth-order valence-corrected chi connectivity index (χ4v) is 4.22. The van der Waals surface area contributed by atoms with E-state index in [0.29, 0.717) is 18.4 Å². The quantitative estimate of drug-likeness (QED) is 0.805. The summed E-state index contributed by atoms with van der Waals surface area (Å²) in [7, 11) is -2.38. The van der Waals surface area contributed by atoms with Crippen molar-refractivity contribution in [2.24, 2.45) is 5.92 Å². The van der Waals surface area contributed by atoms with Crippen molar-refractivity contribution < 1.29 is 27.9 Å². The summed E-state index contributed by atoms with van der Waals surface area (Å²) in [6.07, 6.45) is 0.598. The first-order chi connectivity index (χ1) is 10.8. The number of carboxylic acid groups (broad SMARTS) is 1. The van der Waals surface area contributed by atoms with Crippen molar-refractivity contribution >= 4 is 22.0 Å². The van der Waals surface area contributed by atoms with E-state index in [1.807, 2.05) is 0 Å². The largest absolute Gasteiger partial charge is 0.481 e. The van der Waals surface area contributed by atoms with Crippen molar-refractivity contribution in [3.05, 3.63) is 35.4 Å². The minimum Gasteiger partial charge on any atom is -0.481 e. The molecule has 0 spiro atoms. The molecule has 1 heterocycles. The third-order valence-corrected chi connectivity index (χ3v) is 5.78. The summed E-state index contributed by atoms with van der Waals surface area (Å²) in [6, 6.07) is 6.40. The van der Waals surface area contributed by atoms with E-state index in [-0.39, 0.29) is 24.4 Å². The average Bonchev–Trinajstić information content (AvgIpc) is 2.54. The van der Waals surface area contributed by atoms with Gasteiger partial charge in [-0.2, -0.15) is 0 Å². The molecule has 0 atom stereocenters. The zero-order chi connectivity index (χ0) is 17.0. The van der Waals surface area contributed by atoms with Gasteiger partial charge in [0.2, 0.25) is 10.0 Å². The maximum absolute atomic E-state index is 12.5. The number of piperidine rings is 1. The number of nitrogens with zero attached hydrogens (tertiary/aromatic N) is 1. The van der Waals surface area contributed by atoms with E-state index in [4.69, 9.17) is 5.11 Å². The summed E-state index contributed by atoms with van der Waals surface area (Å²) in [6.45, 7) is 0.360. The smallest absolute Gasteiger partial charge is 0.338 e. The number of carboxylic acids is 1. The topological polar surface area (TPSA) is 101 Å². The minimum absolute atomic E-state index is 0.180. The number of sulfonamides is 1. The third-order valence-electron chi connectivity index (χ3n) is 3.96. The molecule has 0 saturated carbocycles. The Balaban J connectivity index is 2.14. The van der Waals surface area contributed by atoms with Crippen molar-refractivity contribution in [3.8, 4) is 0 Å². The molecule has 0 unspecified atom stereocenters.